The highest BCUT2D eigenvalue weighted by atomic mass is 32.2. The first kappa shape index (κ1) is 16.0. The molecule has 3 rings (SSSR count). The van der Waals surface area contributed by atoms with Crippen LogP contribution in [-0.2, 0) is 18.4 Å². The lowest BCUT2D eigenvalue weighted by atomic mass is 9.89. The molecular formula is C14H20N6O2S. The van der Waals surface area contributed by atoms with Crippen molar-refractivity contribution in [2.45, 2.75) is 49.7 Å². The average molecular weight is 336 g/mol. The number of aryl methyl sites for hydroxylation is 1. The molecule has 124 valence electrons. The van der Waals surface area contributed by atoms with Crippen molar-refractivity contribution in [1.82, 2.24) is 30.2 Å². The zero-order valence-corrected chi connectivity index (χ0v) is 13.9. The Morgan fingerprint density at radius 1 is 1.43 bits per heavy atom. The van der Waals surface area contributed by atoms with Crippen molar-refractivity contribution in [2.75, 3.05) is 5.75 Å². The molecule has 0 aliphatic heterocycles. The molecule has 2 aromatic rings. The van der Waals surface area contributed by atoms with E-state index in [-0.39, 0.29) is 18.2 Å². The summed E-state index contributed by atoms with van der Waals surface area (Å²) < 4.78 is 7.00. The minimum absolute atomic E-state index is 0.101. The van der Waals surface area contributed by atoms with Crippen LogP contribution in [0.4, 0.5) is 0 Å². The van der Waals surface area contributed by atoms with Gasteiger partial charge in [0.1, 0.15) is 6.33 Å². The third-order valence-electron chi connectivity index (χ3n) is 3.89. The number of nitrogens with one attached hydrogen (secondary N) is 1. The molecule has 1 fully saturated rings. The van der Waals surface area contributed by atoms with E-state index in [1.165, 1.54) is 31.0 Å². The quantitative estimate of drug-likeness (QED) is 0.801. The summed E-state index contributed by atoms with van der Waals surface area (Å²) in [5.74, 6) is 1.82. The third-order valence-corrected chi connectivity index (χ3v) is 4.93. The largest absolute Gasteiger partial charge is 0.346 e. The molecule has 0 bridgehead atoms. The predicted octanol–water partition coefficient (Wildman–Crippen LogP) is 1.65. The van der Waals surface area contributed by atoms with E-state index in [1.807, 2.05) is 7.05 Å². The van der Waals surface area contributed by atoms with Crippen molar-refractivity contribution >= 4 is 17.7 Å². The number of hydrogen-bond donors (Lipinski definition) is 1. The summed E-state index contributed by atoms with van der Waals surface area (Å²) >= 11 is 1.34. The highest BCUT2D eigenvalue weighted by molar-refractivity contribution is 7.99. The first-order valence-corrected chi connectivity index (χ1v) is 8.77. The fourth-order valence-electron chi connectivity index (χ4n) is 2.63. The van der Waals surface area contributed by atoms with Gasteiger partial charge in [-0.15, -0.1) is 10.2 Å². The van der Waals surface area contributed by atoms with Gasteiger partial charge in [-0.2, -0.15) is 4.98 Å². The molecule has 23 heavy (non-hydrogen) atoms. The maximum absolute atomic E-state index is 11.9. The van der Waals surface area contributed by atoms with Crippen LogP contribution < -0.4 is 5.32 Å². The number of aromatic nitrogens is 5. The monoisotopic (exact) mass is 336 g/mol. The van der Waals surface area contributed by atoms with E-state index in [9.17, 15) is 4.79 Å². The van der Waals surface area contributed by atoms with Crippen molar-refractivity contribution in [3.8, 4) is 0 Å². The van der Waals surface area contributed by atoms with Crippen LogP contribution in [0.25, 0.3) is 0 Å². The molecule has 1 saturated carbocycles. The molecule has 1 amide bonds. The van der Waals surface area contributed by atoms with Crippen LogP contribution in [0.15, 0.2) is 16.0 Å². The maximum Gasteiger partial charge on any atom is 0.246 e. The van der Waals surface area contributed by atoms with Crippen molar-refractivity contribution in [1.29, 1.82) is 0 Å². The van der Waals surface area contributed by atoms with Crippen molar-refractivity contribution in [3.05, 3.63) is 18.0 Å². The Bertz CT molecular complexity index is 649. The number of nitrogens with zero attached hydrogens (tertiary/aromatic N) is 5. The Balaban J connectivity index is 1.43. The SMILES string of the molecule is Cn1cnnc1SCC(=O)NCc1nc(C2CCCCC2)no1. The zero-order chi connectivity index (χ0) is 16.1. The second-order valence-electron chi connectivity index (χ2n) is 5.67. The standard InChI is InChI=1S/C14H20N6O2S/c1-20-9-16-18-14(20)23-8-11(21)15-7-12-17-13(19-22-12)10-5-3-2-4-6-10/h9-10H,2-8H2,1H3,(H,15,21). The topological polar surface area (TPSA) is 98.7 Å². The van der Waals surface area contributed by atoms with Gasteiger partial charge in [-0.3, -0.25) is 4.79 Å². The first-order chi connectivity index (χ1) is 11.2. The molecule has 0 radical (unpaired) electrons. The molecule has 0 aromatic carbocycles. The zero-order valence-electron chi connectivity index (χ0n) is 13.1. The molecule has 1 aliphatic carbocycles. The Morgan fingerprint density at radius 2 is 2.26 bits per heavy atom. The molecule has 0 atom stereocenters. The van der Waals surface area contributed by atoms with Crippen molar-refractivity contribution in [2.24, 2.45) is 7.05 Å². The minimum atomic E-state index is -0.101. The van der Waals surface area contributed by atoms with Crippen LogP contribution in [0.2, 0.25) is 0 Å². The molecule has 8 nitrogen and oxygen atoms in total. The van der Waals surface area contributed by atoms with Crippen LogP contribution in [0.5, 0.6) is 0 Å². The lowest BCUT2D eigenvalue weighted by Crippen LogP contribution is -2.25. The van der Waals surface area contributed by atoms with E-state index < -0.39 is 0 Å². The second kappa shape index (κ2) is 7.58. The highest BCUT2D eigenvalue weighted by Crippen LogP contribution is 2.30. The van der Waals surface area contributed by atoms with Gasteiger partial charge in [0.25, 0.3) is 0 Å². The summed E-state index contributed by atoms with van der Waals surface area (Å²) in [4.78, 5) is 16.3. The van der Waals surface area contributed by atoms with Gasteiger partial charge in [-0.05, 0) is 12.8 Å². The number of thioether (sulfide) groups is 1. The average Bonchev–Trinajstić information content (AvgIpc) is 3.21. The van der Waals surface area contributed by atoms with Gasteiger partial charge in [0.15, 0.2) is 11.0 Å². The Hall–Kier alpha value is -1.90. The summed E-state index contributed by atoms with van der Waals surface area (Å²) in [6.45, 7) is 0.262. The van der Waals surface area contributed by atoms with Gasteiger partial charge < -0.3 is 14.4 Å². The molecule has 0 unspecified atom stereocenters. The van der Waals surface area contributed by atoms with Gasteiger partial charge in [-0.1, -0.05) is 36.2 Å². The Labute approximate surface area is 138 Å². The van der Waals surface area contributed by atoms with Gasteiger partial charge in [0.05, 0.1) is 12.3 Å². The molecule has 1 aliphatic rings. The first-order valence-electron chi connectivity index (χ1n) is 7.78. The normalized spacial score (nSPS) is 15.7. The van der Waals surface area contributed by atoms with Crippen molar-refractivity contribution < 1.29 is 9.32 Å². The van der Waals surface area contributed by atoms with Gasteiger partial charge in [0, 0.05) is 13.0 Å². The van der Waals surface area contributed by atoms with Gasteiger partial charge >= 0.3 is 0 Å². The summed E-state index contributed by atoms with van der Waals surface area (Å²) in [5, 5.41) is 15.2. The Morgan fingerprint density at radius 3 is 3.00 bits per heavy atom. The Kier molecular flexibility index (Phi) is 5.27. The smallest absolute Gasteiger partial charge is 0.246 e. The molecule has 9 heteroatoms. The van der Waals surface area contributed by atoms with Crippen LogP contribution in [0, 0.1) is 0 Å². The highest BCUT2D eigenvalue weighted by Gasteiger charge is 2.21. The summed E-state index contributed by atoms with van der Waals surface area (Å²) in [6.07, 6.45) is 7.60. The number of carbonyl (C=O) groups excluding carboxylic acids is 1. The van der Waals surface area contributed by atoms with Crippen LogP contribution >= 0.6 is 11.8 Å². The number of amides is 1. The van der Waals surface area contributed by atoms with E-state index >= 15 is 0 Å². The number of hydrogen-bond acceptors (Lipinski definition) is 7. The third kappa shape index (κ3) is 4.31. The minimum Gasteiger partial charge on any atom is -0.346 e. The molecule has 0 saturated heterocycles. The molecule has 0 spiro atoms. The lowest BCUT2D eigenvalue weighted by Gasteiger charge is -2.17. The van der Waals surface area contributed by atoms with Gasteiger partial charge in [-0.25, -0.2) is 0 Å². The number of rotatable bonds is 6. The van der Waals surface area contributed by atoms with E-state index in [0.29, 0.717) is 17.0 Å². The second-order valence-corrected chi connectivity index (χ2v) is 6.61. The summed E-state index contributed by atoms with van der Waals surface area (Å²) in [6, 6.07) is 0. The van der Waals surface area contributed by atoms with Gasteiger partial charge in [0.2, 0.25) is 11.8 Å². The van der Waals surface area contributed by atoms with Crippen LogP contribution in [0.1, 0.15) is 49.7 Å². The lowest BCUT2D eigenvalue weighted by molar-refractivity contribution is -0.118. The van der Waals surface area contributed by atoms with Crippen molar-refractivity contribution in [3.63, 3.8) is 0 Å². The molecular weight excluding hydrogens is 316 g/mol. The van der Waals surface area contributed by atoms with Crippen LogP contribution in [-0.4, -0.2) is 36.6 Å². The van der Waals surface area contributed by atoms with E-state index in [1.54, 1.807) is 10.9 Å². The fourth-order valence-corrected chi connectivity index (χ4v) is 3.34. The molecule has 2 aromatic heterocycles. The maximum atomic E-state index is 11.9. The van der Waals surface area contributed by atoms with Crippen LogP contribution in [0.3, 0.4) is 0 Å². The summed E-state index contributed by atoms with van der Waals surface area (Å²) in [5.41, 5.74) is 0. The predicted molar refractivity (Wildman–Crippen MR) is 83.7 cm³/mol. The van der Waals surface area contributed by atoms with E-state index in [0.717, 1.165) is 18.7 Å². The summed E-state index contributed by atoms with van der Waals surface area (Å²) in [7, 11) is 1.84. The number of carbonyl (C=O) groups is 1. The molecule has 1 N–H and O–H groups in total. The molecule has 2 heterocycles. The fraction of sp³-hybridized carbons (Fsp3) is 0.643. The van der Waals surface area contributed by atoms with E-state index in [4.69, 9.17) is 4.52 Å². The van der Waals surface area contributed by atoms with E-state index in [2.05, 4.69) is 25.7 Å².